The maximum Gasteiger partial charge on any atom is 0.191 e. The van der Waals surface area contributed by atoms with Gasteiger partial charge in [0.2, 0.25) is 0 Å². The normalized spacial score (nSPS) is 11.3. The summed E-state index contributed by atoms with van der Waals surface area (Å²) in [6.07, 6.45) is 2.97. The van der Waals surface area contributed by atoms with Gasteiger partial charge in [0.1, 0.15) is 17.4 Å². The molecule has 0 fully saturated rings. The smallest absolute Gasteiger partial charge is 0.191 e. The molecule has 3 aromatic rings. The van der Waals surface area contributed by atoms with Gasteiger partial charge in [0.25, 0.3) is 0 Å². The molecule has 1 aromatic heterocycles. The van der Waals surface area contributed by atoms with Crippen LogP contribution < -0.4 is 15.4 Å². The number of nitrogens with one attached hydrogen (secondary N) is 2. The van der Waals surface area contributed by atoms with E-state index in [0.29, 0.717) is 19.7 Å². The zero-order valence-corrected chi connectivity index (χ0v) is 17.1. The first-order valence-corrected chi connectivity index (χ1v) is 10.2. The average molecular weight is 395 g/mol. The van der Waals surface area contributed by atoms with Crippen molar-refractivity contribution in [1.29, 1.82) is 0 Å². The standard InChI is InChI=1S/C22H26N4OS/c1-3-20-14-24-21(28-20)15-26-22(23-2)25-13-17-9-11-19(12-10-17)27-16-18-7-5-4-6-8-18/h4-12,14H,3,13,15-16H2,1-2H3,(H2,23,25,26). The highest BCUT2D eigenvalue weighted by molar-refractivity contribution is 7.11. The molecule has 0 unspecified atom stereocenters. The van der Waals surface area contributed by atoms with Crippen LogP contribution in [-0.4, -0.2) is 18.0 Å². The first kappa shape index (κ1) is 19.9. The average Bonchev–Trinajstić information content (AvgIpc) is 3.22. The fourth-order valence-corrected chi connectivity index (χ4v) is 3.41. The zero-order valence-electron chi connectivity index (χ0n) is 16.3. The molecule has 5 nitrogen and oxygen atoms in total. The van der Waals surface area contributed by atoms with Crippen molar-refractivity contribution in [3.05, 3.63) is 81.8 Å². The fraction of sp³-hybridized carbons (Fsp3) is 0.273. The molecule has 0 aliphatic carbocycles. The number of thiazole rings is 1. The van der Waals surface area contributed by atoms with E-state index in [-0.39, 0.29) is 0 Å². The molecule has 146 valence electrons. The lowest BCUT2D eigenvalue weighted by molar-refractivity contribution is 0.306. The lowest BCUT2D eigenvalue weighted by atomic mass is 10.2. The molecule has 0 atom stereocenters. The van der Waals surface area contributed by atoms with Crippen LogP contribution in [0.4, 0.5) is 0 Å². The Morgan fingerprint density at radius 1 is 1.00 bits per heavy atom. The van der Waals surface area contributed by atoms with Crippen LogP contribution in [0.25, 0.3) is 0 Å². The van der Waals surface area contributed by atoms with Crippen molar-refractivity contribution < 1.29 is 4.74 Å². The van der Waals surface area contributed by atoms with E-state index in [2.05, 4.69) is 51.8 Å². The summed E-state index contributed by atoms with van der Waals surface area (Å²) in [5, 5.41) is 7.70. The second-order valence-corrected chi connectivity index (χ2v) is 7.47. The second-order valence-electron chi connectivity index (χ2n) is 6.27. The number of aryl methyl sites for hydroxylation is 1. The predicted octanol–water partition coefficient (Wildman–Crippen LogP) is 4.15. The van der Waals surface area contributed by atoms with Gasteiger partial charge in [0.05, 0.1) is 6.54 Å². The monoisotopic (exact) mass is 394 g/mol. The Hall–Kier alpha value is -2.86. The van der Waals surface area contributed by atoms with Crippen molar-refractivity contribution in [3.8, 4) is 5.75 Å². The van der Waals surface area contributed by atoms with E-state index in [1.165, 1.54) is 4.88 Å². The van der Waals surface area contributed by atoms with Crippen LogP contribution >= 0.6 is 11.3 Å². The predicted molar refractivity (Wildman–Crippen MR) is 116 cm³/mol. The van der Waals surface area contributed by atoms with Crippen LogP contribution in [0.5, 0.6) is 5.75 Å². The number of guanidine groups is 1. The van der Waals surface area contributed by atoms with Gasteiger partial charge in [-0.05, 0) is 29.7 Å². The number of hydrogen-bond donors (Lipinski definition) is 2. The minimum absolute atomic E-state index is 0.575. The molecule has 0 amide bonds. The van der Waals surface area contributed by atoms with E-state index in [0.717, 1.165) is 34.3 Å². The third-order valence-corrected chi connectivity index (χ3v) is 5.35. The molecule has 6 heteroatoms. The molecular weight excluding hydrogens is 368 g/mol. The molecular formula is C22H26N4OS. The van der Waals surface area contributed by atoms with Crippen molar-refractivity contribution in [2.75, 3.05) is 7.05 Å². The van der Waals surface area contributed by atoms with Crippen LogP contribution in [0.2, 0.25) is 0 Å². The van der Waals surface area contributed by atoms with Crippen molar-refractivity contribution in [3.63, 3.8) is 0 Å². The maximum atomic E-state index is 5.83. The number of rotatable bonds is 8. The molecule has 0 saturated carbocycles. The Bertz CT molecular complexity index is 875. The van der Waals surface area contributed by atoms with Gasteiger partial charge in [0, 0.05) is 24.7 Å². The summed E-state index contributed by atoms with van der Waals surface area (Å²) in [5.74, 6) is 1.63. The minimum Gasteiger partial charge on any atom is -0.489 e. The van der Waals surface area contributed by atoms with Crippen LogP contribution in [0, 0.1) is 0 Å². The van der Waals surface area contributed by atoms with Gasteiger partial charge in [-0.3, -0.25) is 4.99 Å². The van der Waals surface area contributed by atoms with Gasteiger partial charge in [-0.15, -0.1) is 11.3 Å². The van der Waals surface area contributed by atoms with Crippen LogP contribution in [0.15, 0.2) is 65.8 Å². The van der Waals surface area contributed by atoms with E-state index < -0.39 is 0 Å². The Morgan fingerprint density at radius 2 is 1.75 bits per heavy atom. The molecule has 28 heavy (non-hydrogen) atoms. The third kappa shape index (κ3) is 6.09. The summed E-state index contributed by atoms with van der Waals surface area (Å²) in [6.45, 7) is 4.09. The molecule has 0 aliphatic heterocycles. The maximum absolute atomic E-state index is 5.83. The van der Waals surface area contributed by atoms with Gasteiger partial charge >= 0.3 is 0 Å². The largest absolute Gasteiger partial charge is 0.489 e. The van der Waals surface area contributed by atoms with Crippen molar-refractivity contribution in [2.24, 2.45) is 4.99 Å². The van der Waals surface area contributed by atoms with Crippen molar-refractivity contribution >= 4 is 17.3 Å². The number of benzene rings is 2. The van der Waals surface area contributed by atoms with E-state index in [1.807, 2.05) is 36.5 Å². The first-order chi connectivity index (χ1) is 13.8. The summed E-state index contributed by atoms with van der Waals surface area (Å²) < 4.78 is 5.83. The Balaban J connectivity index is 1.43. The summed E-state index contributed by atoms with van der Waals surface area (Å²) in [7, 11) is 1.77. The summed E-state index contributed by atoms with van der Waals surface area (Å²) >= 11 is 1.73. The molecule has 2 aromatic carbocycles. The van der Waals surface area contributed by atoms with Crippen LogP contribution in [0.3, 0.4) is 0 Å². The SMILES string of the molecule is CCc1cnc(CNC(=NC)NCc2ccc(OCc3ccccc3)cc2)s1. The molecule has 2 N–H and O–H groups in total. The number of aromatic nitrogens is 1. The van der Waals surface area contributed by atoms with Crippen LogP contribution in [0.1, 0.15) is 27.9 Å². The minimum atomic E-state index is 0.575. The Kier molecular flexibility index (Phi) is 7.44. The Labute approximate surface area is 170 Å². The van der Waals surface area contributed by atoms with Gasteiger partial charge in [-0.25, -0.2) is 4.98 Å². The number of aliphatic imine (C=N–C) groups is 1. The molecule has 0 bridgehead atoms. The van der Waals surface area contributed by atoms with E-state index in [1.54, 1.807) is 18.4 Å². The van der Waals surface area contributed by atoms with Gasteiger partial charge in [-0.1, -0.05) is 49.4 Å². The van der Waals surface area contributed by atoms with Crippen molar-refractivity contribution in [2.45, 2.75) is 33.0 Å². The Morgan fingerprint density at radius 3 is 2.43 bits per heavy atom. The lowest BCUT2D eigenvalue weighted by Gasteiger charge is -2.11. The molecule has 0 saturated heterocycles. The summed E-state index contributed by atoms with van der Waals surface area (Å²) in [5.41, 5.74) is 2.33. The molecule has 0 spiro atoms. The number of nitrogens with zero attached hydrogens (tertiary/aromatic N) is 2. The number of ether oxygens (including phenoxy) is 1. The highest BCUT2D eigenvalue weighted by Gasteiger charge is 2.03. The second kappa shape index (κ2) is 10.5. The highest BCUT2D eigenvalue weighted by atomic mass is 32.1. The van der Waals surface area contributed by atoms with Crippen molar-refractivity contribution in [1.82, 2.24) is 15.6 Å². The molecule has 0 aliphatic rings. The fourth-order valence-electron chi connectivity index (χ4n) is 2.60. The first-order valence-electron chi connectivity index (χ1n) is 9.40. The quantitative estimate of drug-likeness (QED) is 0.445. The topological polar surface area (TPSA) is 58.5 Å². The van der Waals surface area contributed by atoms with Gasteiger partial charge in [-0.2, -0.15) is 0 Å². The van der Waals surface area contributed by atoms with E-state index in [4.69, 9.17) is 4.74 Å². The van der Waals surface area contributed by atoms with Gasteiger partial charge < -0.3 is 15.4 Å². The number of hydrogen-bond acceptors (Lipinski definition) is 4. The van der Waals surface area contributed by atoms with Gasteiger partial charge in [0.15, 0.2) is 5.96 Å². The lowest BCUT2D eigenvalue weighted by Crippen LogP contribution is -2.36. The zero-order chi connectivity index (χ0) is 19.6. The summed E-state index contributed by atoms with van der Waals surface area (Å²) in [6, 6.07) is 18.3. The van der Waals surface area contributed by atoms with E-state index >= 15 is 0 Å². The molecule has 0 radical (unpaired) electrons. The third-order valence-electron chi connectivity index (χ3n) is 4.21. The highest BCUT2D eigenvalue weighted by Crippen LogP contribution is 2.15. The summed E-state index contributed by atoms with van der Waals surface area (Å²) in [4.78, 5) is 9.99. The van der Waals surface area contributed by atoms with Crippen LogP contribution in [-0.2, 0) is 26.1 Å². The van der Waals surface area contributed by atoms with E-state index in [9.17, 15) is 0 Å². The molecule has 3 rings (SSSR count). The molecule has 1 heterocycles.